The van der Waals surface area contributed by atoms with Gasteiger partial charge in [-0.25, -0.2) is 0 Å². The molecule has 0 aliphatic rings. The number of nitriles is 1. The SMILES string of the molecule is CCC(C)(C)Oc1ccc(-c2ccc(C#N)cc2)cc1. The van der Waals surface area contributed by atoms with Crippen LogP contribution < -0.4 is 4.74 Å². The Bertz CT molecular complexity index is 603. The minimum absolute atomic E-state index is 0.143. The molecule has 0 aromatic heterocycles. The first-order valence-electron chi connectivity index (χ1n) is 6.84. The normalized spacial score (nSPS) is 10.9. The molecule has 2 rings (SSSR count). The Morgan fingerprint density at radius 1 is 0.950 bits per heavy atom. The van der Waals surface area contributed by atoms with E-state index in [4.69, 9.17) is 10.00 Å². The fourth-order valence-corrected chi connectivity index (χ4v) is 1.84. The molecule has 2 aromatic rings. The van der Waals surface area contributed by atoms with Crippen LogP contribution in [0.5, 0.6) is 5.75 Å². The molecule has 0 fully saturated rings. The molecule has 102 valence electrons. The number of benzene rings is 2. The highest BCUT2D eigenvalue weighted by atomic mass is 16.5. The van der Waals surface area contributed by atoms with E-state index in [2.05, 4.69) is 26.8 Å². The number of rotatable bonds is 4. The van der Waals surface area contributed by atoms with Crippen LogP contribution in [0.25, 0.3) is 11.1 Å². The zero-order valence-electron chi connectivity index (χ0n) is 12.2. The van der Waals surface area contributed by atoms with E-state index in [0.717, 1.165) is 23.3 Å². The van der Waals surface area contributed by atoms with E-state index in [1.54, 1.807) is 0 Å². The van der Waals surface area contributed by atoms with Gasteiger partial charge in [-0.05, 0) is 55.7 Å². The van der Waals surface area contributed by atoms with Gasteiger partial charge in [0.15, 0.2) is 0 Å². The van der Waals surface area contributed by atoms with Crippen molar-refractivity contribution in [3.05, 3.63) is 54.1 Å². The van der Waals surface area contributed by atoms with Gasteiger partial charge in [0.05, 0.1) is 11.6 Å². The average Bonchev–Trinajstić information content (AvgIpc) is 2.48. The maximum atomic E-state index is 8.80. The quantitative estimate of drug-likeness (QED) is 0.796. The predicted molar refractivity (Wildman–Crippen MR) is 81.6 cm³/mol. The Labute approximate surface area is 120 Å². The summed E-state index contributed by atoms with van der Waals surface area (Å²) in [6, 6.07) is 17.8. The van der Waals surface area contributed by atoms with Crippen LogP contribution in [0.2, 0.25) is 0 Å². The predicted octanol–water partition coefficient (Wildman–Crippen LogP) is 4.79. The van der Waals surface area contributed by atoms with Gasteiger partial charge in [0.2, 0.25) is 0 Å². The standard InChI is InChI=1S/C18H19NO/c1-4-18(2,3)20-17-11-9-16(10-12-17)15-7-5-14(13-19)6-8-15/h5-12H,4H2,1-3H3. The lowest BCUT2D eigenvalue weighted by Crippen LogP contribution is -2.26. The Morgan fingerprint density at radius 2 is 1.45 bits per heavy atom. The van der Waals surface area contributed by atoms with E-state index in [9.17, 15) is 0 Å². The van der Waals surface area contributed by atoms with Crippen molar-refractivity contribution in [3.63, 3.8) is 0 Å². The Kier molecular flexibility index (Phi) is 4.10. The molecular formula is C18H19NO. The van der Waals surface area contributed by atoms with Gasteiger partial charge in [-0.2, -0.15) is 5.26 Å². The molecule has 0 aliphatic carbocycles. The molecule has 0 aliphatic heterocycles. The van der Waals surface area contributed by atoms with Gasteiger partial charge in [-0.15, -0.1) is 0 Å². The largest absolute Gasteiger partial charge is 0.488 e. The van der Waals surface area contributed by atoms with E-state index >= 15 is 0 Å². The highest BCUT2D eigenvalue weighted by Gasteiger charge is 2.16. The van der Waals surface area contributed by atoms with Crippen molar-refractivity contribution in [2.75, 3.05) is 0 Å². The molecule has 0 N–H and O–H groups in total. The summed E-state index contributed by atoms with van der Waals surface area (Å²) in [6.07, 6.45) is 0.963. The minimum atomic E-state index is -0.143. The monoisotopic (exact) mass is 265 g/mol. The highest BCUT2D eigenvalue weighted by molar-refractivity contribution is 5.64. The number of nitrogens with zero attached hydrogens (tertiary/aromatic N) is 1. The van der Waals surface area contributed by atoms with Crippen LogP contribution in [0.3, 0.4) is 0 Å². The third kappa shape index (κ3) is 3.39. The smallest absolute Gasteiger partial charge is 0.120 e. The number of hydrogen-bond acceptors (Lipinski definition) is 2. The Hall–Kier alpha value is -2.27. The van der Waals surface area contributed by atoms with E-state index < -0.39 is 0 Å². The lowest BCUT2D eigenvalue weighted by atomic mass is 10.0. The Balaban J connectivity index is 2.17. The maximum absolute atomic E-state index is 8.80. The second-order valence-corrected chi connectivity index (χ2v) is 5.43. The summed E-state index contributed by atoms with van der Waals surface area (Å²) in [4.78, 5) is 0. The van der Waals surface area contributed by atoms with Gasteiger partial charge >= 0.3 is 0 Å². The molecule has 0 spiro atoms. The van der Waals surface area contributed by atoms with E-state index in [0.29, 0.717) is 5.56 Å². The van der Waals surface area contributed by atoms with Crippen molar-refractivity contribution in [2.24, 2.45) is 0 Å². The fourth-order valence-electron chi connectivity index (χ4n) is 1.84. The van der Waals surface area contributed by atoms with Crippen LogP contribution in [0.1, 0.15) is 32.8 Å². The number of ether oxygens (including phenoxy) is 1. The van der Waals surface area contributed by atoms with Crippen LogP contribution >= 0.6 is 0 Å². The van der Waals surface area contributed by atoms with Crippen molar-refractivity contribution in [1.82, 2.24) is 0 Å². The van der Waals surface area contributed by atoms with E-state index in [1.807, 2.05) is 48.5 Å². The van der Waals surface area contributed by atoms with E-state index in [-0.39, 0.29) is 5.60 Å². The van der Waals surface area contributed by atoms with Gasteiger partial charge < -0.3 is 4.74 Å². The van der Waals surface area contributed by atoms with Gasteiger partial charge in [-0.3, -0.25) is 0 Å². The van der Waals surface area contributed by atoms with Crippen molar-refractivity contribution < 1.29 is 4.74 Å². The van der Waals surface area contributed by atoms with Crippen molar-refractivity contribution >= 4 is 0 Å². The highest BCUT2D eigenvalue weighted by Crippen LogP contribution is 2.25. The summed E-state index contributed by atoms with van der Waals surface area (Å²) < 4.78 is 5.94. The first-order valence-corrected chi connectivity index (χ1v) is 6.84. The van der Waals surface area contributed by atoms with Crippen molar-refractivity contribution in [1.29, 1.82) is 5.26 Å². The van der Waals surface area contributed by atoms with Gasteiger partial charge in [0.25, 0.3) is 0 Å². The minimum Gasteiger partial charge on any atom is -0.488 e. The molecule has 0 bridgehead atoms. The van der Waals surface area contributed by atoms with Crippen LogP contribution in [-0.2, 0) is 0 Å². The summed E-state index contributed by atoms with van der Waals surface area (Å²) in [7, 11) is 0. The molecule has 20 heavy (non-hydrogen) atoms. The summed E-state index contributed by atoms with van der Waals surface area (Å²) in [6.45, 7) is 6.29. The fraction of sp³-hybridized carbons (Fsp3) is 0.278. The van der Waals surface area contributed by atoms with E-state index in [1.165, 1.54) is 0 Å². The molecule has 0 heterocycles. The maximum Gasteiger partial charge on any atom is 0.120 e. The third-order valence-corrected chi connectivity index (χ3v) is 3.45. The summed E-state index contributed by atoms with van der Waals surface area (Å²) in [5.74, 6) is 0.884. The molecule has 0 saturated heterocycles. The second kappa shape index (κ2) is 5.79. The lowest BCUT2D eigenvalue weighted by molar-refractivity contribution is 0.105. The molecule has 0 saturated carbocycles. The van der Waals surface area contributed by atoms with Gasteiger partial charge in [0.1, 0.15) is 11.4 Å². The van der Waals surface area contributed by atoms with Crippen molar-refractivity contribution in [2.45, 2.75) is 32.8 Å². The van der Waals surface area contributed by atoms with Crippen LogP contribution in [0.15, 0.2) is 48.5 Å². The first-order chi connectivity index (χ1) is 9.54. The molecular weight excluding hydrogens is 246 g/mol. The second-order valence-electron chi connectivity index (χ2n) is 5.43. The Morgan fingerprint density at radius 3 is 1.90 bits per heavy atom. The number of hydrogen-bond donors (Lipinski definition) is 0. The molecule has 2 heteroatoms. The average molecular weight is 265 g/mol. The molecule has 2 aromatic carbocycles. The van der Waals surface area contributed by atoms with Crippen LogP contribution in [0.4, 0.5) is 0 Å². The zero-order chi connectivity index (χ0) is 14.6. The van der Waals surface area contributed by atoms with Gasteiger partial charge in [0, 0.05) is 0 Å². The first kappa shape index (κ1) is 14.1. The molecule has 0 amide bonds. The summed E-state index contributed by atoms with van der Waals surface area (Å²) in [5, 5.41) is 8.80. The summed E-state index contributed by atoms with van der Waals surface area (Å²) >= 11 is 0. The molecule has 2 nitrogen and oxygen atoms in total. The molecule has 0 atom stereocenters. The topological polar surface area (TPSA) is 33.0 Å². The lowest BCUT2D eigenvalue weighted by Gasteiger charge is -2.24. The molecule has 0 unspecified atom stereocenters. The zero-order valence-corrected chi connectivity index (χ0v) is 12.2. The van der Waals surface area contributed by atoms with Gasteiger partial charge in [-0.1, -0.05) is 31.2 Å². The van der Waals surface area contributed by atoms with Crippen LogP contribution in [0, 0.1) is 11.3 Å². The molecule has 0 radical (unpaired) electrons. The summed E-state index contributed by atoms with van der Waals surface area (Å²) in [5.41, 5.74) is 2.76. The van der Waals surface area contributed by atoms with Crippen molar-refractivity contribution in [3.8, 4) is 22.9 Å². The third-order valence-electron chi connectivity index (χ3n) is 3.45. The van der Waals surface area contributed by atoms with Crippen LogP contribution in [-0.4, -0.2) is 5.60 Å².